The number of non-ortho nitro benzene ring substituents is 1. The van der Waals surface area contributed by atoms with Gasteiger partial charge >= 0.3 is 6.03 Å². The Morgan fingerprint density at radius 1 is 1.50 bits per heavy atom. The molecule has 0 aliphatic heterocycles. The Balaban J connectivity index is 2.86. The molecule has 0 aromatic heterocycles. The summed E-state index contributed by atoms with van der Waals surface area (Å²) >= 11 is 0. The molecule has 7 heteroatoms. The second-order valence-corrected chi connectivity index (χ2v) is 2.99. The number of nitro groups is 1. The van der Waals surface area contributed by atoms with Crippen molar-refractivity contribution in [3.05, 3.63) is 34.4 Å². The minimum absolute atomic E-state index is 0.00104. The van der Waals surface area contributed by atoms with Gasteiger partial charge in [0.25, 0.3) is 5.69 Å². The topological polar surface area (TPSA) is 102 Å². The molecule has 0 aliphatic rings. The molecule has 1 aromatic carbocycles. The molecule has 86 valence electrons. The summed E-state index contributed by atoms with van der Waals surface area (Å²) in [5, 5.41) is 11.9. The summed E-state index contributed by atoms with van der Waals surface area (Å²) in [5.74, 6) is 0. The maximum absolute atomic E-state index is 10.7. The van der Waals surface area contributed by atoms with E-state index in [0.717, 1.165) is 0 Å². The molecule has 0 heterocycles. The normalized spacial score (nSPS) is 9.56. The molecule has 0 fully saturated rings. The van der Waals surface area contributed by atoms with E-state index in [1.807, 2.05) is 6.92 Å². The summed E-state index contributed by atoms with van der Waals surface area (Å²) in [7, 11) is 0. The predicted molar refractivity (Wildman–Crippen MR) is 58.8 cm³/mol. The van der Waals surface area contributed by atoms with Gasteiger partial charge in [0.05, 0.1) is 10.6 Å². The molecule has 7 nitrogen and oxygen atoms in total. The van der Waals surface area contributed by atoms with Crippen molar-refractivity contribution in [2.45, 2.75) is 6.92 Å². The van der Waals surface area contributed by atoms with Crippen LogP contribution in [0.4, 0.5) is 16.2 Å². The largest absolute Gasteiger partial charge is 0.350 e. The molecule has 3 N–H and O–H groups in total. The lowest BCUT2D eigenvalue weighted by Crippen LogP contribution is -2.45. The second-order valence-electron chi connectivity index (χ2n) is 2.99. The molecule has 0 bridgehead atoms. The molecule has 0 unspecified atom stereocenters. The number of hydrogen-bond acceptors (Lipinski definition) is 4. The lowest BCUT2D eigenvalue weighted by atomic mass is 10.3. The summed E-state index contributed by atoms with van der Waals surface area (Å²) in [4.78, 5) is 20.6. The summed E-state index contributed by atoms with van der Waals surface area (Å²) in [6, 6.07) is 5.12. The summed E-state index contributed by atoms with van der Waals surface area (Å²) < 4.78 is 0. The third kappa shape index (κ3) is 2.84. The van der Waals surface area contributed by atoms with Gasteiger partial charge in [0.15, 0.2) is 0 Å². The van der Waals surface area contributed by atoms with Crippen molar-refractivity contribution in [2.75, 3.05) is 11.6 Å². The quantitative estimate of drug-likeness (QED) is 0.588. The van der Waals surface area contributed by atoms with Crippen LogP contribution in [-0.2, 0) is 0 Å². The monoisotopic (exact) mass is 224 g/mol. The van der Waals surface area contributed by atoms with Gasteiger partial charge in [-0.3, -0.25) is 15.1 Å². The number of amides is 2. The lowest BCUT2D eigenvalue weighted by molar-refractivity contribution is -0.384. The van der Waals surface area contributed by atoms with Crippen LogP contribution in [0.3, 0.4) is 0 Å². The van der Waals surface area contributed by atoms with Crippen molar-refractivity contribution in [1.82, 2.24) is 5.43 Å². The Hall–Kier alpha value is -2.31. The molecule has 1 rings (SSSR count). The fourth-order valence-electron chi connectivity index (χ4n) is 1.21. The maximum Gasteiger partial charge on any atom is 0.330 e. The number of hydrazine groups is 1. The van der Waals surface area contributed by atoms with Crippen LogP contribution in [0.25, 0.3) is 0 Å². The number of rotatable bonds is 4. The lowest BCUT2D eigenvalue weighted by Gasteiger charge is -2.22. The zero-order valence-corrected chi connectivity index (χ0v) is 8.71. The number of hydrogen-bond donors (Lipinski definition) is 2. The van der Waals surface area contributed by atoms with Crippen LogP contribution in [0.5, 0.6) is 0 Å². The zero-order chi connectivity index (χ0) is 12.1. The molecular formula is C9H12N4O3. The average Bonchev–Trinajstić information content (AvgIpc) is 2.25. The number of urea groups is 1. The first-order valence-electron chi connectivity index (χ1n) is 4.62. The van der Waals surface area contributed by atoms with Gasteiger partial charge in [-0.25, -0.2) is 10.2 Å². The molecule has 0 saturated heterocycles. The highest BCUT2D eigenvalue weighted by atomic mass is 16.6. The zero-order valence-electron chi connectivity index (χ0n) is 8.71. The Labute approximate surface area is 92.0 Å². The van der Waals surface area contributed by atoms with Crippen LogP contribution in [0.2, 0.25) is 0 Å². The summed E-state index contributed by atoms with van der Waals surface area (Å²) in [6.07, 6.45) is 0. The Kier molecular flexibility index (Phi) is 3.65. The SMILES string of the molecule is CCN(NC(N)=O)c1ccc([N+](=O)[O-])cc1. The van der Waals surface area contributed by atoms with E-state index in [4.69, 9.17) is 5.73 Å². The number of anilines is 1. The first-order chi connectivity index (χ1) is 7.54. The van der Waals surface area contributed by atoms with Crippen LogP contribution in [0.15, 0.2) is 24.3 Å². The van der Waals surface area contributed by atoms with Crippen molar-refractivity contribution in [3.8, 4) is 0 Å². The number of carbonyl (C=O) groups excluding carboxylic acids is 1. The smallest absolute Gasteiger partial charge is 0.330 e. The Morgan fingerprint density at radius 3 is 2.44 bits per heavy atom. The van der Waals surface area contributed by atoms with Crippen LogP contribution in [0, 0.1) is 10.1 Å². The van der Waals surface area contributed by atoms with E-state index >= 15 is 0 Å². The van der Waals surface area contributed by atoms with Crippen LogP contribution in [-0.4, -0.2) is 17.5 Å². The minimum Gasteiger partial charge on any atom is -0.350 e. The summed E-state index contributed by atoms with van der Waals surface area (Å²) in [6.45, 7) is 2.32. The molecule has 0 spiro atoms. The Bertz CT molecular complexity index is 390. The molecule has 16 heavy (non-hydrogen) atoms. The first kappa shape index (κ1) is 11.8. The van der Waals surface area contributed by atoms with Crippen LogP contribution < -0.4 is 16.2 Å². The third-order valence-electron chi connectivity index (χ3n) is 1.93. The van der Waals surface area contributed by atoms with Crippen molar-refractivity contribution in [1.29, 1.82) is 0 Å². The molecule has 0 atom stereocenters. The van der Waals surface area contributed by atoms with Gasteiger partial charge in [0, 0.05) is 18.7 Å². The molecular weight excluding hydrogens is 212 g/mol. The number of carbonyl (C=O) groups is 1. The number of primary amides is 1. The van der Waals surface area contributed by atoms with Crippen molar-refractivity contribution < 1.29 is 9.72 Å². The van der Waals surface area contributed by atoms with Gasteiger partial charge in [0.1, 0.15) is 0 Å². The maximum atomic E-state index is 10.7. The van der Waals surface area contributed by atoms with Gasteiger partial charge in [-0.15, -0.1) is 0 Å². The minimum atomic E-state index is -0.680. The van der Waals surface area contributed by atoms with Gasteiger partial charge in [-0.2, -0.15) is 0 Å². The number of benzene rings is 1. The standard InChI is InChI=1S/C9H12N4O3/c1-2-12(11-9(10)14)7-3-5-8(6-4-7)13(15)16/h3-6H,2H2,1H3,(H3,10,11,14). The van der Waals surface area contributed by atoms with Gasteiger partial charge in [0.2, 0.25) is 0 Å². The third-order valence-corrected chi connectivity index (χ3v) is 1.93. The number of nitrogens with one attached hydrogen (secondary N) is 1. The highest BCUT2D eigenvalue weighted by Gasteiger charge is 2.08. The van der Waals surface area contributed by atoms with E-state index in [0.29, 0.717) is 12.2 Å². The van der Waals surface area contributed by atoms with Crippen molar-refractivity contribution >= 4 is 17.4 Å². The predicted octanol–water partition coefficient (Wildman–Crippen LogP) is 1.00. The molecule has 0 radical (unpaired) electrons. The average molecular weight is 224 g/mol. The first-order valence-corrected chi connectivity index (χ1v) is 4.62. The summed E-state index contributed by atoms with van der Waals surface area (Å²) in [5.41, 5.74) is 8.01. The number of nitro benzene ring substituents is 1. The molecule has 2 amide bonds. The van der Waals surface area contributed by atoms with Crippen LogP contribution >= 0.6 is 0 Å². The molecule has 1 aromatic rings. The van der Waals surface area contributed by atoms with Crippen LogP contribution in [0.1, 0.15) is 6.92 Å². The Morgan fingerprint density at radius 2 is 2.06 bits per heavy atom. The van der Waals surface area contributed by atoms with Crippen molar-refractivity contribution in [2.24, 2.45) is 5.73 Å². The van der Waals surface area contributed by atoms with Crippen molar-refractivity contribution in [3.63, 3.8) is 0 Å². The molecule has 0 saturated carbocycles. The highest BCUT2D eigenvalue weighted by molar-refractivity contribution is 5.74. The van der Waals surface area contributed by atoms with Gasteiger partial charge in [-0.1, -0.05) is 0 Å². The second kappa shape index (κ2) is 4.96. The highest BCUT2D eigenvalue weighted by Crippen LogP contribution is 2.17. The van der Waals surface area contributed by atoms with E-state index in [9.17, 15) is 14.9 Å². The fraction of sp³-hybridized carbons (Fsp3) is 0.222. The van der Waals surface area contributed by atoms with E-state index in [1.165, 1.54) is 29.3 Å². The van der Waals surface area contributed by atoms with Gasteiger partial charge < -0.3 is 5.73 Å². The molecule has 0 aliphatic carbocycles. The van der Waals surface area contributed by atoms with E-state index in [-0.39, 0.29) is 5.69 Å². The van der Waals surface area contributed by atoms with E-state index in [1.54, 1.807) is 0 Å². The van der Waals surface area contributed by atoms with E-state index < -0.39 is 11.0 Å². The number of nitrogens with zero attached hydrogens (tertiary/aromatic N) is 2. The van der Waals surface area contributed by atoms with Gasteiger partial charge in [-0.05, 0) is 19.1 Å². The number of nitrogens with two attached hydrogens (primary N) is 1. The fourth-order valence-corrected chi connectivity index (χ4v) is 1.21. The van der Waals surface area contributed by atoms with E-state index in [2.05, 4.69) is 5.43 Å².